The van der Waals surface area contributed by atoms with E-state index in [9.17, 15) is 40.5 Å². The third kappa shape index (κ3) is 18.6. The van der Waals surface area contributed by atoms with Crippen molar-refractivity contribution in [3.63, 3.8) is 0 Å². The van der Waals surface area contributed by atoms with Gasteiger partial charge < -0.3 is 64.2 Å². The Bertz CT molecular complexity index is 1020. The molecule has 0 amide bonds. The third-order valence-electron chi connectivity index (χ3n) is 9.13. The van der Waals surface area contributed by atoms with Crippen molar-refractivity contribution in [1.29, 1.82) is 0 Å². The molecule has 14 heteroatoms. The summed E-state index contributed by atoms with van der Waals surface area (Å²) in [5.41, 5.74) is 0. The summed E-state index contributed by atoms with van der Waals surface area (Å²) in [6, 6.07) is 0. The third-order valence-corrected chi connectivity index (χ3v) is 9.13. The fourth-order valence-electron chi connectivity index (χ4n) is 5.92. The second-order valence-corrected chi connectivity index (χ2v) is 13.7. The van der Waals surface area contributed by atoms with E-state index in [1.165, 1.54) is 32.1 Å². The summed E-state index contributed by atoms with van der Waals surface area (Å²) in [5.74, 6) is -0.435. The average Bonchev–Trinajstić information content (AvgIpc) is 3.15. The van der Waals surface area contributed by atoms with Gasteiger partial charge in [0.05, 0.1) is 26.4 Å². The Labute approximate surface area is 315 Å². The van der Waals surface area contributed by atoms with Crippen molar-refractivity contribution in [3.8, 4) is 0 Å². The van der Waals surface area contributed by atoms with Gasteiger partial charge >= 0.3 is 5.97 Å². The van der Waals surface area contributed by atoms with E-state index < -0.39 is 86.7 Å². The van der Waals surface area contributed by atoms with E-state index in [1.54, 1.807) is 0 Å². The van der Waals surface area contributed by atoms with Crippen LogP contribution in [0.4, 0.5) is 0 Å². The van der Waals surface area contributed by atoms with Crippen LogP contribution in [0, 0.1) is 0 Å². The first-order chi connectivity index (χ1) is 25.6. The van der Waals surface area contributed by atoms with Crippen LogP contribution >= 0.6 is 0 Å². The van der Waals surface area contributed by atoms with Crippen LogP contribution in [0.25, 0.3) is 0 Å². The highest BCUT2D eigenvalue weighted by molar-refractivity contribution is 5.69. The van der Waals surface area contributed by atoms with Crippen molar-refractivity contribution in [2.45, 2.75) is 171 Å². The van der Waals surface area contributed by atoms with Crippen molar-refractivity contribution in [1.82, 2.24) is 0 Å². The number of rotatable bonds is 28. The molecule has 0 aromatic rings. The molecule has 2 aliphatic rings. The van der Waals surface area contributed by atoms with Gasteiger partial charge in [-0.1, -0.05) is 88.8 Å². The van der Waals surface area contributed by atoms with Gasteiger partial charge in [0.25, 0.3) is 0 Å². The Morgan fingerprint density at radius 1 is 0.642 bits per heavy atom. The molecule has 0 spiro atoms. The van der Waals surface area contributed by atoms with E-state index in [-0.39, 0.29) is 19.6 Å². The van der Waals surface area contributed by atoms with Crippen molar-refractivity contribution >= 4 is 5.97 Å². The first-order valence-electron chi connectivity index (χ1n) is 19.6. The maximum atomic E-state index is 12.3. The summed E-state index contributed by atoms with van der Waals surface area (Å²) in [6.07, 6.45) is 11.2. The zero-order chi connectivity index (χ0) is 38.8. The zero-order valence-electron chi connectivity index (χ0n) is 31.7. The lowest BCUT2D eigenvalue weighted by molar-refractivity contribution is -0.332. The fraction of sp³-hybridized carbons (Fsp3) is 0.821. The predicted octanol–water partition coefficient (Wildman–Crippen LogP) is 2.73. The lowest BCUT2D eigenvalue weighted by Crippen LogP contribution is -2.61. The molecule has 53 heavy (non-hydrogen) atoms. The highest BCUT2D eigenvalue weighted by Crippen LogP contribution is 2.26. The molecule has 7 N–H and O–H groups in total. The number of aliphatic hydroxyl groups excluding tert-OH is 7. The van der Waals surface area contributed by atoms with Gasteiger partial charge in [-0.25, -0.2) is 0 Å². The monoisotopic (exact) mass is 760 g/mol. The van der Waals surface area contributed by atoms with Gasteiger partial charge in [-0.3, -0.25) is 4.79 Å². The number of allylic oxidation sites excluding steroid dienone is 6. The normalized spacial score (nSPS) is 30.1. The van der Waals surface area contributed by atoms with Gasteiger partial charge in [0.15, 0.2) is 12.6 Å². The van der Waals surface area contributed by atoms with E-state index in [2.05, 4.69) is 43.4 Å². The number of carbonyl (C=O) groups is 1. The summed E-state index contributed by atoms with van der Waals surface area (Å²) in [4.78, 5) is 12.3. The number of ether oxygens (including phenoxy) is 6. The van der Waals surface area contributed by atoms with Gasteiger partial charge in [0, 0.05) is 13.0 Å². The van der Waals surface area contributed by atoms with Crippen LogP contribution in [0.2, 0.25) is 0 Å². The topological polar surface area (TPSA) is 214 Å². The number of hydrogen-bond acceptors (Lipinski definition) is 14. The molecule has 0 aromatic carbocycles. The van der Waals surface area contributed by atoms with Crippen LogP contribution in [0.15, 0.2) is 36.5 Å². The van der Waals surface area contributed by atoms with E-state index in [0.29, 0.717) is 13.0 Å². The second-order valence-electron chi connectivity index (χ2n) is 13.7. The largest absolute Gasteiger partial charge is 0.457 e. The number of unbranched alkanes of at least 4 members (excludes halogenated alkanes) is 8. The summed E-state index contributed by atoms with van der Waals surface area (Å²) < 4.78 is 33.5. The van der Waals surface area contributed by atoms with E-state index in [0.717, 1.165) is 44.9 Å². The molecule has 11 atom stereocenters. The molecule has 14 nitrogen and oxygen atoms in total. The number of esters is 1. The van der Waals surface area contributed by atoms with Crippen molar-refractivity contribution in [2.24, 2.45) is 0 Å². The minimum atomic E-state index is -1.70. The molecular formula is C39H68O14. The van der Waals surface area contributed by atoms with Crippen LogP contribution in [0.1, 0.15) is 104 Å². The molecule has 2 heterocycles. The Morgan fingerprint density at radius 3 is 1.81 bits per heavy atom. The number of aliphatic hydroxyl groups is 7. The number of carbonyl (C=O) groups excluding carboxylic acids is 1. The second kappa shape index (κ2) is 28.6. The predicted molar refractivity (Wildman–Crippen MR) is 196 cm³/mol. The number of hydrogen-bond donors (Lipinski definition) is 7. The first-order valence-corrected chi connectivity index (χ1v) is 19.6. The van der Waals surface area contributed by atoms with Gasteiger partial charge in [-0.05, 0) is 44.9 Å². The SMILES string of the molecule is CC/C=C\C/C=C\C/C=C\CCCCCCCCCCOCC(COC1OC(COC2OC(CO)C(O)C(O)C2O)C(O)C(O)C1O)OC(=O)CCC. The first kappa shape index (κ1) is 47.4. The Balaban J connectivity index is 1.67. The van der Waals surface area contributed by atoms with Crippen LogP contribution < -0.4 is 0 Å². The summed E-state index contributed by atoms with van der Waals surface area (Å²) in [5, 5.41) is 71.1. The lowest BCUT2D eigenvalue weighted by atomic mass is 9.98. The molecule has 0 aromatic heterocycles. The maximum Gasteiger partial charge on any atom is 0.306 e. The van der Waals surface area contributed by atoms with E-state index >= 15 is 0 Å². The molecule has 0 bridgehead atoms. The zero-order valence-corrected chi connectivity index (χ0v) is 31.7. The maximum absolute atomic E-state index is 12.3. The molecule has 2 aliphatic heterocycles. The Kier molecular flexibility index (Phi) is 25.6. The van der Waals surface area contributed by atoms with Gasteiger partial charge in [-0.15, -0.1) is 0 Å². The van der Waals surface area contributed by atoms with Gasteiger partial charge in [0.1, 0.15) is 54.9 Å². The van der Waals surface area contributed by atoms with Crippen molar-refractivity contribution in [3.05, 3.63) is 36.5 Å². The minimum absolute atomic E-state index is 0.0497. The van der Waals surface area contributed by atoms with Crippen molar-refractivity contribution in [2.75, 3.05) is 33.0 Å². The minimum Gasteiger partial charge on any atom is -0.457 e. The Morgan fingerprint density at radius 2 is 1.19 bits per heavy atom. The molecule has 0 aliphatic carbocycles. The average molecular weight is 761 g/mol. The van der Waals surface area contributed by atoms with Gasteiger partial charge in [-0.2, -0.15) is 0 Å². The quantitative estimate of drug-likeness (QED) is 0.0347. The van der Waals surface area contributed by atoms with Crippen molar-refractivity contribution < 1.29 is 69.0 Å². The molecule has 2 saturated heterocycles. The lowest BCUT2D eigenvalue weighted by Gasteiger charge is -2.42. The van der Waals surface area contributed by atoms with Gasteiger partial charge in [0.2, 0.25) is 0 Å². The molecule has 11 unspecified atom stereocenters. The summed E-state index contributed by atoms with van der Waals surface area (Å²) in [6.45, 7) is 3.14. The van der Waals surface area contributed by atoms with E-state index in [4.69, 9.17) is 28.4 Å². The highest BCUT2D eigenvalue weighted by Gasteiger charge is 2.47. The van der Waals surface area contributed by atoms with Crippen LogP contribution in [-0.4, -0.2) is 142 Å². The standard InChI is InChI=1S/C39H68O14/c1-3-5-6-7-8-9-10-11-12-13-14-15-16-17-18-19-20-21-23-48-25-28(51-31(41)22-4-2)26-49-38-37(47)35(45)33(43)30(53-38)27-50-39-36(46)34(44)32(42)29(24-40)52-39/h5-6,8-9,11-12,28-30,32-40,42-47H,3-4,7,10,13-27H2,1-2H3/b6-5-,9-8-,12-11-. The molecular weight excluding hydrogens is 692 g/mol. The molecule has 0 radical (unpaired) electrons. The summed E-state index contributed by atoms with van der Waals surface area (Å²) in [7, 11) is 0. The van der Waals surface area contributed by atoms with Crippen LogP contribution in [0.3, 0.4) is 0 Å². The molecule has 0 saturated carbocycles. The van der Waals surface area contributed by atoms with Crippen LogP contribution in [-0.2, 0) is 33.2 Å². The fourth-order valence-corrected chi connectivity index (χ4v) is 5.92. The smallest absolute Gasteiger partial charge is 0.306 e. The Hall–Kier alpha value is -1.79. The molecule has 308 valence electrons. The van der Waals surface area contributed by atoms with Crippen LogP contribution in [0.5, 0.6) is 0 Å². The molecule has 2 fully saturated rings. The highest BCUT2D eigenvalue weighted by atomic mass is 16.7. The summed E-state index contributed by atoms with van der Waals surface area (Å²) >= 11 is 0. The molecule has 2 rings (SSSR count). The van der Waals surface area contributed by atoms with E-state index in [1.807, 2.05) is 6.92 Å².